The number of benzene rings is 1. The van der Waals surface area contributed by atoms with Crippen LogP contribution in [-0.2, 0) is 11.3 Å². The highest BCUT2D eigenvalue weighted by Crippen LogP contribution is 2.25. The third-order valence-corrected chi connectivity index (χ3v) is 3.70. The van der Waals surface area contributed by atoms with Gasteiger partial charge in [0, 0.05) is 36.4 Å². The van der Waals surface area contributed by atoms with E-state index in [1.165, 1.54) is 5.69 Å². The van der Waals surface area contributed by atoms with Gasteiger partial charge in [-0.3, -0.25) is 0 Å². The van der Waals surface area contributed by atoms with Gasteiger partial charge >= 0.3 is 0 Å². The van der Waals surface area contributed by atoms with E-state index in [2.05, 4.69) is 49.2 Å². The highest BCUT2D eigenvalue weighted by molar-refractivity contribution is 6.31. The fraction of sp³-hybridized carbons (Fsp3) is 0.600. The number of morpholine rings is 1. The smallest absolute Gasteiger partial charge is 0.0722 e. The lowest BCUT2D eigenvalue weighted by molar-refractivity contribution is 0.0532. The molecule has 3 nitrogen and oxygen atoms in total. The van der Waals surface area contributed by atoms with E-state index in [0.29, 0.717) is 6.04 Å². The second kappa shape index (κ2) is 6.60. The van der Waals surface area contributed by atoms with Crippen LogP contribution in [0.15, 0.2) is 18.2 Å². The van der Waals surface area contributed by atoms with Crippen molar-refractivity contribution in [3.63, 3.8) is 0 Å². The molecule has 106 valence electrons. The van der Waals surface area contributed by atoms with Gasteiger partial charge in [0.1, 0.15) is 0 Å². The molecule has 2 rings (SSSR count). The van der Waals surface area contributed by atoms with Crippen molar-refractivity contribution >= 4 is 17.3 Å². The lowest BCUT2D eigenvalue weighted by Gasteiger charge is -2.33. The van der Waals surface area contributed by atoms with Crippen LogP contribution in [0.25, 0.3) is 0 Å². The van der Waals surface area contributed by atoms with Crippen LogP contribution in [0.5, 0.6) is 0 Å². The molecule has 0 amide bonds. The van der Waals surface area contributed by atoms with Crippen molar-refractivity contribution in [1.82, 2.24) is 5.32 Å². The van der Waals surface area contributed by atoms with E-state index in [4.69, 9.17) is 16.3 Å². The molecule has 0 radical (unpaired) electrons. The molecule has 1 fully saturated rings. The van der Waals surface area contributed by atoms with Gasteiger partial charge in [0.2, 0.25) is 0 Å². The number of hydrogen-bond acceptors (Lipinski definition) is 3. The van der Waals surface area contributed by atoms with Crippen LogP contribution < -0.4 is 10.2 Å². The molecule has 1 atom stereocenters. The summed E-state index contributed by atoms with van der Waals surface area (Å²) in [6, 6.07) is 6.81. The van der Waals surface area contributed by atoms with E-state index in [-0.39, 0.29) is 6.10 Å². The molecule has 0 aliphatic carbocycles. The van der Waals surface area contributed by atoms with E-state index in [1.54, 1.807) is 0 Å². The number of ether oxygens (including phenoxy) is 1. The van der Waals surface area contributed by atoms with Crippen LogP contribution in [0.3, 0.4) is 0 Å². The van der Waals surface area contributed by atoms with E-state index in [1.807, 2.05) is 0 Å². The van der Waals surface area contributed by atoms with E-state index in [0.717, 1.165) is 36.8 Å². The molecule has 1 saturated heterocycles. The van der Waals surface area contributed by atoms with Crippen molar-refractivity contribution in [1.29, 1.82) is 0 Å². The Balaban J connectivity index is 2.05. The molecule has 1 aliphatic rings. The highest BCUT2D eigenvalue weighted by Gasteiger charge is 2.17. The second-order valence-electron chi connectivity index (χ2n) is 5.44. The number of anilines is 1. The summed E-state index contributed by atoms with van der Waals surface area (Å²) in [6.45, 7) is 9.85. The first kappa shape index (κ1) is 14.6. The van der Waals surface area contributed by atoms with Gasteiger partial charge < -0.3 is 15.0 Å². The summed E-state index contributed by atoms with van der Waals surface area (Å²) >= 11 is 6.37. The van der Waals surface area contributed by atoms with Crippen LogP contribution in [0.2, 0.25) is 5.02 Å². The maximum atomic E-state index is 6.37. The number of nitrogens with zero attached hydrogens (tertiary/aromatic N) is 1. The minimum atomic E-state index is 0.287. The fourth-order valence-corrected chi connectivity index (χ4v) is 2.48. The third-order valence-electron chi connectivity index (χ3n) is 3.34. The Kier molecular flexibility index (Phi) is 5.08. The number of nitrogens with one attached hydrogen (secondary N) is 1. The molecular weight excluding hydrogens is 260 g/mol. The topological polar surface area (TPSA) is 24.5 Å². The van der Waals surface area contributed by atoms with Crippen LogP contribution in [-0.4, -0.2) is 31.8 Å². The number of halogens is 1. The Morgan fingerprint density at radius 3 is 2.89 bits per heavy atom. The molecule has 4 heteroatoms. The third kappa shape index (κ3) is 4.10. The summed E-state index contributed by atoms with van der Waals surface area (Å²) in [4.78, 5) is 2.33. The van der Waals surface area contributed by atoms with Crippen molar-refractivity contribution in [2.24, 2.45) is 0 Å². The highest BCUT2D eigenvalue weighted by atomic mass is 35.5. The van der Waals surface area contributed by atoms with Gasteiger partial charge in [0.15, 0.2) is 0 Å². The van der Waals surface area contributed by atoms with Gasteiger partial charge in [0.05, 0.1) is 12.7 Å². The summed E-state index contributed by atoms with van der Waals surface area (Å²) < 4.78 is 5.56. The Morgan fingerprint density at radius 1 is 1.47 bits per heavy atom. The molecule has 1 aliphatic heterocycles. The molecular formula is C15H23ClN2O. The summed E-state index contributed by atoms with van der Waals surface area (Å²) in [7, 11) is 0. The minimum absolute atomic E-state index is 0.287. The largest absolute Gasteiger partial charge is 0.375 e. The quantitative estimate of drug-likeness (QED) is 0.919. The number of rotatable bonds is 4. The standard InChI is InChI=1S/C15H23ClN2O/c1-11(2)17-9-13-4-5-14(8-15(13)16)18-6-7-19-12(3)10-18/h4-5,8,11-12,17H,6-7,9-10H2,1-3H3. The Bertz CT molecular complexity index is 423. The maximum absolute atomic E-state index is 6.37. The first-order valence-corrected chi connectivity index (χ1v) is 7.32. The van der Waals surface area contributed by atoms with Gasteiger partial charge in [-0.15, -0.1) is 0 Å². The zero-order valence-electron chi connectivity index (χ0n) is 11.9. The average Bonchev–Trinajstić information content (AvgIpc) is 2.37. The number of hydrogen-bond donors (Lipinski definition) is 1. The molecule has 19 heavy (non-hydrogen) atoms. The molecule has 1 aromatic rings. The minimum Gasteiger partial charge on any atom is -0.375 e. The molecule has 0 saturated carbocycles. The second-order valence-corrected chi connectivity index (χ2v) is 5.85. The lowest BCUT2D eigenvalue weighted by Crippen LogP contribution is -2.41. The maximum Gasteiger partial charge on any atom is 0.0722 e. The first-order valence-electron chi connectivity index (χ1n) is 6.94. The molecule has 1 aromatic carbocycles. The molecule has 1 unspecified atom stereocenters. The van der Waals surface area contributed by atoms with Crippen molar-refractivity contribution in [2.45, 2.75) is 39.5 Å². The van der Waals surface area contributed by atoms with Gasteiger partial charge in [0.25, 0.3) is 0 Å². The van der Waals surface area contributed by atoms with Gasteiger partial charge in [-0.2, -0.15) is 0 Å². The lowest BCUT2D eigenvalue weighted by atomic mass is 10.1. The Morgan fingerprint density at radius 2 is 2.26 bits per heavy atom. The van der Waals surface area contributed by atoms with Crippen LogP contribution >= 0.6 is 11.6 Å². The molecule has 0 spiro atoms. The molecule has 1 N–H and O–H groups in total. The van der Waals surface area contributed by atoms with E-state index >= 15 is 0 Å². The summed E-state index contributed by atoms with van der Waals surface area (Å²) in [6.07, 6.45) is 0.287. The normalized spacial score (nSPS) is 20.1. The summed E-state index contributed by atoms with van der Waals surface area (Å²) in [5, 5.41) is 4.23. The predicted molar refractivity (Wildman–Crippen MR) is 81.1 cm³/mol. The van der Waals surface area contributed by atoms with Crippen LogP contribution in [0, 0.1) is 0 Å². The predicted octanol–water partition coefficient (Wildman–Crippen LogP) is 3.06. The first-order chi connectivity index (χ1) is 9.06. The fourth-order valence-electron chi connectivity index (χ4n) is 2.24. The van der Waals surface area contributed by atoms with Crippen molar-refractivity contribution < 1.29 is 4.74 Å². The molecule has 1 heterocycles. The van der Waals surface area contributed by atoms with Crippen molar-refractivity contribution in [3.8, 4) is 0 Å². The van der Waals surface area contributed by atoms with Gasteiger partial charge in [-0.1, -0.05) is 31.5 Å². The van der Waals surface area contributed by atoms with E-state index in [9.17, 15) is 0 Å². The average molecular weight is 283 g/mol. The zero-order valence-corrected chi connectivity index (χ0v) is 12.7. The zero-order chi connectivity index (χ0) is 13.8. The van der Waals surface area contributed by atoms with Crippen LogP contribution in [0.4, 0.5) is 5.69 Å². The monoisotopic (exact) mass is 282 g/mol. The molecule has 0 aromatic heterocycles. The van der Waals surface area contributed by atoms with Crippen molar-refractivity contribution in [3.05, 3.63) is 28.8 Å². The van der Waals surface area contributed by atoms with Crippen LogP contribution in [0.1, 0.15) is 26.3 Å². The SMILES string of the molecule is CC(C)NCc1ccc(N2CCOC(C)C2)cc1Cl. The van der Waals surface area contributed by atoms with Gasteiger partial charge in [-0.05, 0) is 24.6 Å². The van der Waals surface area contributed by atoms with Gasteiger partial charge in [-0.25, -0.2) is 0 Å². The summed E-state index contributed by atoms with van der Waals surface area (Å²) in [5.74, 6) is 0. The Hall–Kier alpha value is -0.770. The Labute approximate surface area is 120 Å². The van der Waals surface area contributed by atoms with Crippen molar-refractivity contribution in [2.75, 3.05) is 24.6 Å². The summed E-state index contributed by atoms with van der Waals surface area (Å²) in [5.41, 5.74) is 2.34. The molecule has 0 bridgehead atoms. The van der Waals surface area contributed by atoms with E-state index < -0.39 is 0 Å².